The smallest absolute Gasteiger partial charge is 0.223 e. The fourth-order valence-electron chi connectivity index (χ4n) is 3.47. The summed E-state index contributed by atoms with van der Waals surface area (Å²) in [6.07, 6.45) is 5.19. The number of hydrogen-bond donors (Lipinski definition) is 2. The van der Waals surface area contributed by atoms with Crippen molar-refractivity contribution in [2.24, 2.45) is 11.8 Å². The number of benzene rings is 1. The number of amides is 2. The number of rotatable bonds is 9. The number of unbranched alkanes of at least 4 members (excludes halogenated alkanes) is 1. The monoisotopic (exact) mass is 376 g/mol. The summed E-state index contributed by atoms with van der Waals surface area (Å²) in [5.74, 6) is 1.57. The van der Waals surface area contributed by atoms with Gasteiger partial charge in [-0.25, -0.2) is 0 Å². The molecule has 0 spiro atoms. The van der Waals surface area contributed by atoms with Gasteiger partial charge in [-0.1, -0.05) is 19.4 Å². The lowest BCUT2D eigenvalue weighted by atomic mass is 9.81. The molecule has 0 aliphatic heterocycles. The van der Waals surface area contributed by atoms with Gasteiger partial charge in [0, 0.05) is 24.9 Å². The van der Waals surface area contributed by atoms with Crippen LogP contribution >= 0.6 is 0 Å². The van der Waals surface area contributed by atoms with E-state index in [1.807, 2.05) is 18.2 Å². The molecule has 0 bridgehead atoms. The Hall–Kier alpha value is -2.24. The third-order valence-corrected chi connectivity index (χ3v) is 5.21. The van der Waals surface area contributed by atoms with Crippen LogP contribution < -0.4 is 20.1 Å². The van der Waals surface area contributed by atoms with Crippen LogP contribution in [0.3, 0.4) is 0 Å². The topological polar surface area (TPSA) is 76.7 Å². The summed E-state index contributed by atoms with van der Waals surface area (Å²) in [4.78, 5) is 24.6. The molecule has 1 saturated carbocycles. The molecule has 0 radical (unpaired) electrons. The van der Waals surface area contributed by atoms with Gasteiger partial charge in [0.25, 0.3) is 0 Å². The Morgan fingerprint density at radius 3 is 2.11 bits per heavy atom. The van der Waals surface area contributed by atoms with Gasteiger partial charge in [-0.05, 0) is 49.8 Å². The van der Waals surface area contributed by atoms with Crippen LogP contribution in [-0.4, -0.2) is 32.6 Å². The quantitative estimate of drug-likeness (QED) is 0.650. The first-order chi connectivity index (χ1) is 13.1. The van der Waals surface area contributed by atoms with Crippen molar-refractivity contribution in [3.8, 4) is 11.5 Å². The number of methoxy groups -OCH3 is 2. The number of carbonyl (C=O) groups is 2. The summed E-state index contributed by atoms with van der Waals surface area (Å²) >= 11 is 0. The second-order valence-corrected chi connectivity index (χ2v) is 7.10. The third kappa shape index (κ3) is 6.15. The van der Waals surface area contributed by atoms with Crippen LogP contribution in [0.1, 0.15) is 51.0 Å². The highest BCUT2D eigenvalue weighted by molar-refractivity contribution is 5.81. The highest BCUT2D eigenvalue weighted by Crippen LogP contribution is 2.30. The fourth-order valence-corrected chi connectivity index (χ4v) is 3.47. The van der Waals surface area contributed by atoms with Gasteiger partial charge in [0.2, 0.25) is 11.8 Å². The Morgan fingerprint density at radius 2 is 1.56 bits per heavy atom. The van der Waals surface area contributed by atoms with Crippen LogP contribution in [0.2, 0.25) is 0 Å². The van der Waals surface area contributed by atoms with E-state index in [-0.39, 0.29) is 23.7 Å². The third-order valence-electron chi connectivity index (χ3n) is 5.21. The van der Waals surface area contributed by atoms with E-state index < -0.39 is 0 Å². The Bertz CT molecular complexity index is 625. The van der Waals surface area contributed by atoms with Crippen molar-refractivity contribution in [2.75, 3.05) is 20.8 Å². The largest absolute Gasteiger partial charge is 0.493 e. The van der Waals surface area contributed by atoms with E-state index in [0.29, 0.717) is 18.0 Å². The highest BCUT2D eigenvalue weighted by Gasteiger charge is 2.29. The van der Waals surface area contributed by atoms with Crippen LogP contribution in [0.4, 0.5) is 0 Å². The molecule has 1 aliphatic rings. The molecule has 0 heterocycles. The Labute approximate surface area is 162 Å². The fraction of sp³-hybridized carbons (Fsp3) is 0.619. The van der Waals surface area contributed by atoms with E-state index in [9.17, 15) is 9.59 Å². The van der Waals surface area contributed by atoms with E-state index >= 15 is 0 Å². The molecule has 6 nitrogen and oxygen atoms in total. The van der Waals surface area contributed by atoms with Gasteiger partial charge in [0.1, 0.15) is 0 Å². The summed E-state index contributed by atoms with van der Waals surface area (Å²) in [6, 6.07) is 5.62. The Kier molecular flexibility index (Phi) is 8.43. The van der Waals surface area contributed by atoms with Gasteiger partial charge in [-0.2, -0.15) is 0 Å². The van der Waals surface area contributed by atoms with E-state index in [2.05, 4.69) is 17.6 Å². The van der Waals surface area contributed by atoms with Crippen molar-refractivity contribution in [3.05, 3.63) is 23.8 Å². The van der Waals surface area contributed by atoms with Gasteiger partial charge in [-0.15, -0.1) is 0 Å². The SMILES string of the molecule is CCCCNC(=O)C1CCC(C(=O)NCc2ccc(OC)c(OC)c2)CC1. The zero-order chi connectivity index (χ0) is 19.6. The Morgan fingerprint density at radius 1 is 0.963 bits per heavy atom. The molecule has 1 aliphatic carbocycles. The van der Waals surface area contributed by atoms with Crippen LogP contribution in [0.15, 0.2) is 18.2 Å². The minimum absolute atomic E-state index is 0.00941. The predicted octanol–water partition coefficient (Wildman–Crippen LogP) is 3.04. The number of carbonyl (C=O) groups excluding carboxylic acids is 2. The first kappa shape index (κ1) is 21.1. The summed E-state index contributed by atoms with van der Waals surface area (Å²) in [7, 11) is 3.19. The molecular formula is C21H32N2O4. The van der Waals surface area contributed by atoms with Crippen LogP contribution in [0.5, 0.6) is 11.5 Å². The maximum Gasteiger partial charge on any atom is 0.223 e. The summed E-state index contributed by atoms with van der Waals surface area (Å²) in [5, 5.41) is 6.01. The second kappa shape index (κ2) is 10.8. The van der Waals surface area contributed by atoms with E-state index in [4.69, 9.17) is 9.47 Å². The summed E-state index contributed by atoms with van der Waals surface area (Å²) in [6.45, 7) is 3.32. The van der Waals surface area contributed by atoms with Gasteiger partial charge in [-0.3, -0.25) is 9.59 Å². The molecule has 1 aromatic rings. The zero-order valence-electron chi connectivity index (χ0n) is 16.7. The molecule has 0 unspecified atom stereocenters. The average molecular weight is 376 g/mol. The minimum atomic E-state index is -0.00941. The lowest BCUT2D eigenvalue weighted by molar-refractivity contribution is -0.130. The molecule has 150 valence electrons. The first-order valence-electron chi connectivity index (χ1n) is 9.85. The minimum Gasteiger partial charge on any atom is -0.493 e. The maximum absolute atomic E-state index is 12.5. The lowest BCUT2D eigenvalue weighted by Crippen LogP contribution is -2.37. The lowest BCUT2D eigenvalue weighted by Gasteiger charge is -2.27. The van der Waals surface area contributed by atoms with Crippen molar-refractivity contribution in [1.82, 2.24) is 10.6 Å². The van der Waals surface area contributed by atoms with Crippen LogP contribution in [0, 0.1) is 11.8 Å². The molecule has 0 atom stereocenters. The van der Waals surface area contributed by atoms with Crippen molar-refractivity contribution in [3.63, 3.8) is 0 Å². The number of ether oxygens (including phenoxy) is 2. The van der Waals surface area contributed by atoms with Gasteiger partial charge in [0.15, 0.2) is 11.5 Å². The number of hydrogen-bond acceptors (Lipinski definition) is 4. The van der Waals surface area contributed by atoms with Gasteiger partial charge >= 0.3 is 0 Å². The maximum atomic E-state index is 12.5. The molecule has 0 saturated heterocycles. The number of nitrogens with one attached hydrogen (secondary N) is 2. The van der Waals surface area contributed by atoms with Crippen molar-refractivity contribution >= 4 is 11.8 Å². The van der Waals surface area contributed by atoms with E-state index in [1.54, 1.807) is 14.2 Å². The molecular weight excluding hydrogens is 344 g/mol. The average Bonchev–Trinajstić information content (AvgIpc) is 2.71. The summed E-state index contributed by atoms with van der Waals surface area (Å²) < 4.78 is 10.5. The first-order valence-corrected chi connectivity index (χ1v) is 9.85. The van der Waals surface area contributed by atoms with Crippen molar-refractivity contribution in [1.29, 1.82) is 0 Å². The van der Waals surface area contributed by atoms with Crippen LogP contribution in [-0.2, 0) is 16.1 Å². The molecule has 27 heavy (non-hydrogen) atoms. The standard InChI is InChI=1S/C21H32N2O4/c1-4-5-12-22-20(24)16-7-9-17(10-8-16)21(25)23-14-15-6-11-18(26-2)19(13-15)27-3/h6,11,13,16-17H,4-5,7-10,12,14H2,1-3H3,(H,22,24)(H,23,25). The Balaban J connectivity index is 1.77. The molecule has 1 fully saturated rings. The van der Waals surface area contributed by atoms with Crippen molar-refractivity contribution in [2.45, 2.75) is 52.0 Å². The summed E-state index contributed by atoms with van der Waals surface area (Å²) in [5.41, 5.74) is 0.963. The molecule has 6 heteroatoms. The van der Waals surface area contributed by atoms with Gasteiger partial charge < -0.3 is 20.1 Å². The van der Waals surface area contributed by atoms with E-state index in [0.717, 1.165) is 50.6 Å². The van der Waals surface area contributed by atoms with Crippen molar-refractivity contribution < 1.29 is 19.1 Å². The normalized spacial score (nSPS) is 19.2. The second-order valence-electron chi connectivity index (χ2n) is 7.10. The van der Waals surface area contributed by atoms with Crippen LogP contribution in [0.25, 0.3) is 0 Å². The molecule has 2 rings (SSSR count). The molecule has 2 amide bonds. The molecule has 2 N–H and O–H groups in total. The van der Waals surface area contributed by atoms with E-state index in [1.165, 1.54) is 0 Å². The molecule has 0 aromatic heterocycles. The zero-order valence-corrected chi connectivity index (χ0v) is 16.7. The highest BCUT2D eigenvalue weighted by atomic mass is 16.5. The predicted molar refractivity (Wildman–Crippen MR) is 105 cm³/mol. The molecule has 1 aromatic carbocycles. The van der Waals surface area contributed by atoms with Gasteiger partial charge in [0.05, 0.1) is 14.2 Å².